The van der Waals surface area contributed by atoms with E-state index in [0.29, 0.717) is 11.6 Å². The number of halogens is 2. The number of aromatic nitrogens is 1. The van der Waals surface area contributed by atoms with E-state index in [1.807, 2.05) is 6.92 Å². The summed E-state index contributed by atoms with van der Waals surface area (Å²) in [5, 5.41) is 15.2. The molecule has 144 valence electrons. The van der Waals surface area contributed by atoms with Crippen LogP contribution in [0.1, 0.15) is 26.2 Å². The number of nitrogens with one attached hydrogen (secondary N) is 1. The van der Waals surface area contributed by atoms with Crippen LogP contribution in [0.15, 0.2) is 24.4 Å². The number of benzene rings is 1. The van der Waals surface area contributed by atoms with Gasteiger partial charge >= 0.3 is 5.69 Å². The topological polar surface area (TPSA) is 71.3 Å². The summed E-state index contributed by atoms with van der Waals surface area (Å²) in [6, 6.07) is 4.27. The van der Waals surface area contributed by atoms with Gasteiger partial charge in [-0.25, -0.2) is 9.37 Å². The molecule has 1 N–H and O–H groups in total. The van der Waals surface area contributed by atoms with Crippen molar-refractivity contribution in [3.05, 3.63) is 45.4 Å². The lowest BCUT2D eigenvalue weighted by Crippen LogP contribution is -2.31. The first-order valence-corrected chi connectivity index (χ1v) is 9.24. The Balaban J connectivity index is 2.06. The van der Waals surface area contributed by atoms with Crippen molar-refractivity contribution < 1.29 is 9.31 Å². The molecule has 1 fully saturated rings. The molecule has 8 heteroatoms. The fourth-order valence-electron chi connectivity index (χ4n) is 3.32. The number of anilines is 2. The predicted molar refractivity (Wildman–Crippen MR) is 106 cm³/mol. The van der Waals surface area contributed by atoms with Gasteiger partial charge in [-0.2, -0.15) is 0 Å². The largest absolute Gasteiger partial charge is 0.375 e. The van der Waals surface area contributed by atoms with Crippen molar-refractivity contribution >= 4 is 28.8 Å². The van der Waals surface area contributed by atoms with Crippen molar-refractivity contribution in [2.75, 3.05) is 24.3 Å². The third kappa shape index (κ3) is 3.83. The van der Waals surface area contributed by atoms with Gasteiger partial charge in [-0.05, 0) is 43.9 Å². The van der Waals surface area contributed by atoms with E-state index in [4.69, 9.17) is 11.6 Å². The van der Waals surface area contributed by atoms with Crippen LogP contribution in [0.25, 0.3) is 11.1 Å². The average Bonchev–Trinajstić information content (AvgIpc) is 2.54. The summed E-state index contributed by atoms with van der Waals surface area (Å²) >= 11 is 6.34. The van der Waals surface area contributed by atoms with Crippen molar-refractivity contribution in [1.29, 1.82) is 0 Å². The first kappa shape index (κ1) is 19.4. The smallest absolute Gasteiger partial charge is 0.319 e. The second-order valence-electron chi connectivity index (χ2n) is 7.11. The number of nitro groups is 1. The fourth-order valence-corrected chi connectivity index (χ4v) is 3.58. The van der Waals surface area contributed by atoms with Crippen LogP contribution < -0.4 is 10.2 Å². The van der Waals surface area contributed by atoms with Crippen LogP contribution in [0.5, 0.6) is 0 Å². The predicted octanol–water partition coefficient (Wildman–Crippen LogP) is 5.12. The zero-order chi connectivity index (χ0) is 19.7. The van der Waals surface area contributed by atoms with Gasteiger partial charge in [0, 0.05) is 31.9 Å². The second-order valence-corrected chi connectivity index (χ2v) is 7.52. The monoisotopic (exact) mass is 392 g/mol. The van der Waals surface area contributed by atoms with Gasteiger partial charge < -0.3 is 10.2 Å². The Kier molecular flexibility index (Phi) is 5.51. The van der Waals surface area contributed by atoms with E-state index in [-0.39, 0.29) is 33.7 Å². The Morgan fingerprint density at radius 2 is 2.07 bits per heavy atom. The third-order valence-electron chi connectivity index (χ3n) is 5.14. The molecule has 1 aliphatic carbocycles. The molecule has 0 saturated heterocycles. The summed E-state index contributed by atoms with van der Waals surface area (Å²) in [7, 11) is 3.40. The molecule has 2 aromatic rings. The molecular weight excluding hydrogens is 371 g/mol. The average molecular weight is 393 g/mol. The highest BCUT2D eigenvalue weighted by atomic mass is 35.5. The van der Waals surface area contributed by atoms with Gasteiger partial charge in [0.05, 0.1) is 21.2 Å². The maximum atomic E-state index is 14.5. The molecule has 1 atom stereocenters. The summed E-state index contributed by atoms with van der Waals surface area (Å²) in [6.07, 6.45) is 4.86. The number of hydrogen-bond acceptors (Lipinski definition) is 5. The van der Waals surface area contributed by atoms with Crippen molar-refractivity contribution in [3.63, 3.8) is 0 Å². The highest BCUT2D eigenvalue weighted by Crippen LogP contribution is 2.41. The summed E-state index contributed by atoms with van der Waals surface area (Å²) < 4.78 is 14.5. The summed E-state index contributed by atoms with van der Waals surface area (Å²) in [5.41, 5.74) is 0.640. The Bertz CT molecular complexity index is 871. The molecule has 0 bridgehead atoms. The Labute approximate surface area is 162 Å². The Morgan fingerprint density at radius 1 is 1.37 bits per heavy atom. The van der Waals surface area contributed by atoms with E-state index >= 15 is 0 Å². The molecule has 0 radical (unpaired) electrons. The number of rotatable bonds is 6. The van der Waals surface area contributed by atoms with E-state index in [1.54, 1.807) is 19.0 Å². The standard InChI is InChI=1S/C19H22ClFN4O2/c1-11(12-5-4-6-12)23-19-18(25(26)27)13(7-8-22-19)14-9-16(21)17(24(2)3)10-15(14)20/h7-12H,4-6H2,1-3H3,(H,22,23). The zero-order valence-corrected chi connectivity index (χ0v) is 16.3. The zero-order valence-electron chi connectivity index (χ0n) is 15.5. The van der Waals surface area contributed by atoms with Crippen LogP contribution in [-0.4, -0.2) is 30.0 Å². The van der Waals surface area contributed by atoms with Crippen LogP contribution in [0, 0.1) is 21.8 Å². The van der Waals surface area contributed by atoms with Crippen LogP contribution in [0.2, 0.25) is 5.02 Å². The van der Waals surface area contributed by atoms with Gasteiger partial charge in [0.25, 0.3) is 0 Å². The molecule has 0 aliphatic heterocycles. The molecule has 6 nitrogen and oxygen atoms in total. The maximum absolute atomic E-state index is 14.5. The molecule has 1 aromatic carbocycles. The quantitative estimate of drug-likeness (QED) is 0.546. The molecule has 3 rings (SSSR count). The van der Waals surface area contributed by atoms with Crippen LogP contribution in [0.4, 0.5) is 21.6 Å². The van der Waals surface area contributed by atoms with E-state index in [2.05, 4.69) is 10.3 Å². The molecule has 0 spiro atoms. The highest BCUT2D eigenvalue weighted by Gasteiger charge is 2.29. The number of nitrogens with zero attached hydrogens (tertiary/aromatic N) is 3. The summed E-state index contributed by atoms with van der Waals surface area (Å²) in [6.45, 7) is 2.00. The molecule has 1 aromatic heterocycles. The lowest BCUT2D eigenvalue weighted by atomic mass is 9.80. The number of hydrogen-bond donors (Lipinski definition) is 1. The molecular formula is C19H22ClFN4O2. The SMILES string of the molecule is CC(Nc1nccc(-c2cc(F)c(N(C)C)cc2Cl)c1[N+](=O)[O-])C1CCC1. The first-order chi connectivity index (χ1) is 12.8. The molecule has 0 amide bonds. The maximum Gasteiger partial charge on any atom is 0.319 e. The minimum Gasteiger partial charge on any atom is -0.375 e. The van der Waals surface area contributed by atoms with Crippen molar-refractivity contribution in [3.8, 4) is 11.1 Å². The lowest BCUT2D eigenvalue weighted by Gasteiger charge is -2.32. The van der Waals surface area contributed by atoms with Gasteiger partial charge in [-0.15, -0.1) is 0 Å². The summed E-state index contributed by atoms with van der Waals surface area (Å²) in [5.74, 6) is 0.170. The molecule has 1 heterocycles. The highest BCUT2D eigenvalue weighted by molar-refractivity contribution is 6.33. The van der Waals surface area contributed by atoms with E-state index < -0.39 is 10.7 Å². The van der Waals surface area contributed by atoms with Gasteiger partial charge in [0.2, 0.25) is 5.82 Å². The van der Waals surface area contributed by atoms with Crippen molar-refractivity contribution in [1.82, 2.24) is 4.98 Å². The third-order valence-corrected chi connectivity index (χ3v) is 5.45. The first-order valence-electron chi connectivity index (χ1n) is 8.86. The van der Waals surface area contributed by atoms with Crippen LogP contribution >= 0.6 is 11.6 Å². The molecule has 1 aliphatic rings. The van der Waals surface area contributed by atoms with Crippen molar-refractivity contribution in [2.24, 2.45) is 5.92 Å². The fraction of sp³-hybridized carbons (Fsp3) is 0.421. The lowest BCUT2D eigenvalue weighted by molar-refractivity contribution is -0.383. The van der Waals surface area contributed by atoms with Gasteiger partial charge in [0.1, 0.15) is 5.82 Å². The molecule has 1 saturated carbocycles. The van der Waals surface area contributed by atoms with E-state index in [1.165, 1.54) is 30.8 Å². The van der Waals surface area contributed by atoms with Crippen LogP contribution in [0.3, 0.4) is 0 Å². The van der Waals surface area contributed by atoms with Gasteiger partial charge in [0.15, 0.2) is 0 Å². The van der Waals surface area contributed by atoms with E-state index in [9.17, 15) is 14.5 Å². The van der Waals surface area contributed by atoms with Crippen LogP contribution in [-0.2, 0) is 0 Å². The Morgan fingerprint density at radius 3 is 2.63 bits per heavy atom. The second kappa shape index (κ2) is 7.68. The number of pyridine rings is 1. The summed E-state index contributed by atoms with van der Waals surface area (Å²) in [4.78, 5) is 17.1. The normalized spacial score (nSPS) is 15.1. The molecule has 27 heavy (non-hydrogen) atoms. The van der Waals surface area contributed by atoms with E-state index in [0.717, 1.165) is 12.8 Å². The minimum atomic E-state index is -0.497. The van der Waals surface area contributed by atoms with Gasteiger partial charge in [-0.1, -0.05) is 18.0 Å². The van der Waals surface area contributed by atoms with Gasteiger partial charge in [-0.3, -0.25) is 10.1 Å². The minimum absolute atomic E-state index is 0.0727. The van der Waals surface area contributed by atoms with Crippen molar-refractivity contribution in [2.45, 2.75) is 32.2 Å². The molecule has 1 unspecified atom stereocenters. The Hall–Kier alpha value is -2.41.